The lowest BCUT2D eigenvalue weighted by molar-refractivity contribution is -0.116. The molecule has 0 aliphatic heterocycles. The highest BCUT2D eigenvalue weighted by molar-refractivity contribution is 9.11. The molecule has 1 nitrogen and oxygen atoms in total. The Morgan fingerprint density at radius 2 is 1.77 bits per heavy atom. The first-order valence-electron chi connectivity index (χ1n) is 3.64. The van der Waals surface area contributed by atoms with E-state index in [0.29, 0.717) is 6.42 Å². The van der Waals surface area contributed by atoms with Gasteiger partial charge < -0.3 is 0 Å². The first-order chi connectivity index (χ1) is 6.11. The molecule has 0 fully saturated rings. The summed E-state index contributed by atoms with van der Waals surface area (Å²) in [6.07, 6.45) is 0.390. The second kappa shape index (κ2) is 5.13. The van der Waals surface area contributed by atoms with Crippen LogP contribution in [0.25, 0.3) is 0 Å². The Morgan fingerprint density at radius 1 is 1.23 bits per heavy atom. The summed E-state index contributed by atoms with van der Waals surface area (Å²) in [5.41, 5.74) is 0.965. The number of benzene rings is 1. The Morgan fingerprint density at radius 3 is 2.23 bits per heavy atom. The zero-order chi connectivity index (χ0) is 9.84. The Labute approximate surface area is 98.7 Å². The van der Waals surface area contributed by atoms with E-state index in [0.717, 1.165) is 14.5 Å². The van der Waals surface area contributed by atoms with Crippen LogP contribution in [0.5, 0.6) is 0 Å². The fourth-order valence-corrected chi connectivity index (χ4v) is 2.47. The van der Waals surface area contributed by atoms with E-state index < -0.39 is 0 Å². The number of hydrogen-bond donors (Lipinski definition) is 0. The van der Waals surface area contributed by atoms with Crippen molar-refractivity contribution >= 4 is 49.2 Å². The Hall–Kier alpha value is 0.140. The van der Waals surface area contributed by atoms with Gasteiger partial charge in [0.15, 0.2) is 5.78 Å². The maximum Gasteiger partial charge on any atom is 0.151 e. The molecule has 0 aliphatic rings. The molecule has 0 heterocycles. The summed E-state index contributed by atoms with van der Waals surface area (Å²) in [4.78, 5) is 11.0. The first kappa shape index (κ1) is 11.2. The second-order valence-electron chi connectivity index (χ2n) is 2.63. The molecule has 0 atom stereocenters. The fourth-order valence-electron chi connectivity index (χ4n) is 0.988. The van der Waals surface area contributed by atoms with Gasteiger partial charge in [-0.2, -0.15) is 0 Å². The number of carbonyl (C=O) groups excluding carboxylic acids is 1. The molecule has 0 N–H and O–H groups in total. The third-order valence-electron chi connectivity index (χ3n) is 1.47. The lowest BCUT2D eigenvalue weighted by atomic mass is 10.1. The third kappa shape index (κ3) is 3.79. The Balaban J connectivity index is 2.83. The summed E-state index contributed by atoms with van der Waals surface area (Å²) in [5, 5.41) is 0. The zero-order valence-electron chi connectivity index (χ0n) is 6.69. The average molecular weight is 326 g/mol. The fraction of sp³-hybridized carbons (Fsp3) is 0.222. The van der Waals surface area contributed by atoms with Crippen molar-refractivity contribution in [1.82, 2.24) is 0 Å². The third-order valence-corrected chi connectivity index (χ3v) is 2.69. The number of halogens is 3. The molecule has 13 heavy (non-hydrogen) atoms. The van der Waals surface area contributed by atoms with Crippen molar-refractivity contribution < 1.29 is 4.79 Å². The number of carbonyl (C=O) groups is 1. The van der Waals surface area contributed by atoms with E-state index in [1.165, 1.54) is 0 Å². The van der Waals surface area contributed by atoms with Crippen LogP contribution in [0, 0.1) is 0 Å². The molecular weight excluding hydrogens is 319 g/mol. The molecule has 0 saturated carbocycles. The van der Waals surface area contributed by atoms with Crippen molar-refractivity contribution in [3.8, 4) is 0 Å². The lowest BCUT2D eigenvalue weighted by Gasteiger charge is -2.00. The maximum absolute atomic E-state index is 11.0. The molecule has 0 unspecified atom stereocenters. The van der Waals surface area contributed by atoms with E-state index in [-0.39, 0.29) is 11.7 Å². The summed E-state index contributed by atoms with van der Waals surface area (Å²) in [7, 11) is 0. The molecule has 0 amide bonds. The van der Waals surface area contributed by atoms with E-state index in [2.05, 4.69) is 31.9 Å². The molecule has 1 aromatic rings. The number of rotatable bonds is 3. The van der Waals surface area contributed by atoms with Gasteiger partial charge in [0.1, 0.15) is 0 Å². The SMILES string of the molecule is O=C(CCl)Cc1cc(Br)cc(Br)c1. The molecule has 0 aromatic heterocycles. The Kier molecular flexibility index (Phi) is 4.42. The van der Waals surface area contributed by atoms with Crippen LogP contribution in [0.15, 0.2) is 27.1 Å². The smallest absolute Gasteiger partial charge is 0.151 e. The molecule has 0 aliphatic carbocycles. The van der Waals surface area contributed by atoms with E-state index in [1.807, 2.05) is 18.2 Å². The van der Waals surface area contributed by atoms with Crippen LogP contribution in [0.1, 0.15) is 5.56 Å². The van der Waals surface area contributed by atoms with Gasteiger partial charge in [0, 0.05) is 15.4 Å². The number of hydrogen-bond acceptors (Lipinski definition) is 1. The minimum absolute atomic E-state index is 0.0340. The van der Waals surface area contributed by atoms with Crippen LogP contribution in [-0.2, 0) is 11.2 Å². The largest absolute Gasteiger partial charge is 0.298 e. The van der Waals surface area contributed by atoms with E-state index >= 15 is 0 Å². The van der Waals surface area contributed by atoms with Crippen molar-refractivity contribution in [3.05, 3.63) is 32.7 Å². The molecule has 1 rings (SSSR count). The standard InChI is InChI=1S/C9H7Br2ClO/c10-7-1-6(2-8(11)4-7)3-9(13)5-12/h1-2,4H,3,5H2. The van der Waals surface area contributed by atoms with Crippen molar-refractivity contribution in [3.63, 3.8) is 0 Å². The van der Waals surface area contributed by atoms with Crippen LogP contribution < -0.4 is 0 Å². The van der Waals surface area contributed by atoms with Crippen molar-refractivity contribution in [2.75, 3.05) is 5.88 Å². The topological polar surface area (TPSA) is 17.1 Å². The van der Waals surface area contributed by atoms with Crippen LogP contribution in [0.2, 0.25) is 0 Å². The monoisotopic (exact) mass is 324 g/mol. The Bertz CT molecular complexity index is 305. The van der Waals surface area contributed by atoms with Gasteiger partial charge in [-0.1, -0.05) is 31.9 Å². The summed E-state index contributed by atoms with van der Waals surface area (Å²) in [5.74, 6) is 0.107. The minimum atomic E-state index is 0.0340. The minimum Gasteiger partial charge on any atom is -0.298 e. The van der Waals surface area contributed by atoms with Gasteiger partial charge in [0.05, 0.1) is 5.88 Å². The highest BCUT2D eigenvalue weighted by Gasteiger charge is 2.03. The van der Waals surface area contributed by atoms with Gasteiger partial charge in [0.2, 0.25) is 0 Å². The highest BCUT2D eigenvalue weighted by atomic mass is 79.9. The number of Topliss-reactive ketones (excluding diaryl/α,β-unsaturated/α-hetero) is 1. The molecule has 0 radical (unpaired) electrons. The van der Waals surface area contributed by atoms with E-state index in [9.17, 15) is 4.79 Å². The molecule has 1 aromatic carbocycles. The van der Waals surface area contributed by atoms with Gasteiger partial charge >= 0.3 is 0 Å². The van der Waals surface area contributed by atoms with Crippen molar-refractivity contribution in [2.24, 2.45) is 0 Å². The van der Waals surface area contributed by atoms with Crippen LogP contribution in [-0.4, -0.2) is 11.7 Å². The second-order valence-corrected chi connectivity index (χ2v) is 4.73. The average Bonchev–Trinajstić information content (AvgIpc) is 2.02. The van der Waals surface area contributed by atoms with Crippen molar-refractivity contribution in [1.29, 1.82) is 0 Å². The molecule has 0 saturated heterocycles. The van der Waals surface area contributed by atoms with E-state index in [4.69, 9.17) is 11.6 Å². The highest BCUT2D eigenvalue weighted by Crippen LogP contribution is 2.20. The molecule has 70 valence electrons. The van der Waals surface area contributed by atoms with Crippen molar-refractivity contribution in [2.45, 2.75) is 6.42 Å². The number of alkyl halides is 1. The predicted octanol–water partition coefficient (Wildman–Crippen LogP) is 3.56. The van der Waals surface area contributed by atoms with Gasteiger partial charge in [-0.05, 0) is 23.8 Å². The summed E-state index contributed by atoms with van der Waals surface area (Å²) in [6, 6.07) is 5.75. The van der Waals surface area contributed by atoms with Gasteiger partial charge in [-0.3, -0.25) is 4.79 Å². The maximum atomic E-state index is 11.0. The molecular formula is C9H7Br2ClO. The summed E-state index contributed by atoms with van der Waals surface area (Å²) in [6.45, 7) is 0. The molecule has 0 spiro atoms. The predicted molar refractivity (Wildman–Crippen MR) is 61.3 cm³/mol. The summed E-state index contributed by atoms with van der Waals surface area (Å²) >= 11 is 12.1. The van der Waals surface area contributed by atoms with Gasteiger partial charge in [-0.15, -0.1) is 11.6 Å². The van der Waals surface area contributed by atoms with Crippen LogP contribution in [0.3, 0.4) is 0 Å². The molecule has 4 heteroatoms. The first-order valence-corrected chi connectivity index (χ1v) is 5.76. The molecule has 0 bridgehead atoms. The zero-order valence-corrected chi connectivity index (χ0v) is 10.6. The normalized spacial score (nSPS) is 10.1. The van der Waals surface area contributed by atoms with Gasteiger partial charge in [-0.25, -0.2) is 0 Å². The van der Waals surface area contributed by atoms with Crippen LogP contribution >= 0.6 is 43.5 Å². The van der Waals surface area contributed by atoms with Gasteiger partial charge in [0.25, 0.3) is 0 Å². The number of ketones is 1. The van der Waals surface area contributed by atoms with Crippen LogP contribution in [0.4, 0.5) is 0 Å². The van der Waals surface area contributed by atoms with E-state index in [1.54, 1.807) is 0 Å². The lowest BCUT2D eigenvalue weighted by Crippen LogP contribution is -2.03. The quantitative estimate of drug-likeness (QED) is 0.776. The summed E-state index contributed by atoms with van der Waals surface area (Å²) < 4.78 is 1.92.